The van der Waals surface area contributed by atoms with Crippen LogP contribution in [0, 0.1) is 17.6 Å². The van der Waals surface area contributed by atoms with E-state index in [1.807, 2.05) is 30.3 Å². The van der Waals surface area contributed by atoms with Gasteiger partial charge in [-0.05, 0) is 23.8 Å². The smallest absolute Gasteiger partial charge is 0.308 e. The highest BCUT2D eigenvalue weighted by Gasteiger charge is 2.40. The van der Waals surface area contributed by atoms with Crippen molar-refractivity contribution >= 4 is 23.6 Å². The van der Waals surface area contributed by atoms with Gasteiger partial charge in [-0.25, -0.2) is 8.78 Å². The van der Waals surface area contributed by atoms with Crippen molar-refractivity contribution in [3.05, 3.63) is 65.7 Å². The lowest BCUT2D eigenvalue weighted by molar-refractivity contribution is -0.141. The normalized spacial score (nSPS) is 19.5. The van der Waals surface area contributed by atoms with E-state index in [1.165, 1.54) is 11.0 Å². The van der Waals surface area contributed by atoms with Crippen LogP contribution in [0.1, 0.15) is 11.5 Å². The number of carboxylic acids is 1. The molecule has 1 amide bonds. The minimum absolute atomic E-state index is 0.0406. The first-order chi connectivity index (χ1) is 12.5. The second-order valence-electron chi connectivity index (χ2n) is 6.13. The van der Waals surface area contributed by atoms with Crippen LogP contribution >= 0.6 is 11.8 Å². The van der Waals surface area contributed by atoms with Gasteiger partial charge in [-0.15, -0.1) is 11.8 Å². The van der Waals surface area contributed by atoms with Crippen molar-refractivity contribution in [2.75, 3.05) is 18.8 Å². The van der Waals surface area contributed by atoms with Crippen molar-refractivity contribution in [3.8, 4) is 0 Å². The number of carbonyl (C=O) groups is 2. The lowest BCUT2D eigenvalue weighted by Gasteiger charge is -2.16. The number of thioether (sulfide) groups is 1. The molecule has 1 N–H and O–H groups in total. The zero-order valence-corrected chi connectivity index (χ0v) is 14.6. The first kappa shape index (κ1) is 18.4. The molecule has 0 spiro atoms. The van der Waals surface area contributed by atoms with Crippen LogP contribution in [0.25, 0.3) is 0 Å². The Balaban J connectivity index is 1.66. The molecular formula is C19H17F2NO3S. The highest BCUT2D eigenvalue weighted by Crippen LogP contribution is 2.33. The molecule has 136 valence electrons. The lowest BCUT2D eigenvalue weighted by atomic mass is 9.89. The summed E-state index contributed by atoms with van der Waals surface area (Å²) in [6.07, 6.45) is 0. The molecule has 7 heteroatoms. The van der Waals surface area contributed by atoms with E-state index in [0.29, 0.717) is 11.4 Å². The summed E-state index contributed by atoms with van der Waals surface area (Å²) < 4.78 is 26.2. The van der Waals surface area contributed by atoms with Crippen LogP contribution in [0.2, 0.25) is 0 Å². The molecule has 3 rings (SSSR count). The molecule has 4 nitrogen and oxygen atoms in total. The molecule has 2 aromatic carbocycles. The number of hydrogen-bond donors (Lipinski definition) is 1. The van der Waals surface area contributed by atoms with Gasteiger partial charge in [0.2, 0.25) is 5.91 Å². The van der Waals surface area contributed by atoms with E-state index in [0.717, 1.165) is 29.5 Å². The highest BCUT2D eigenvalue weighted by molar-refractivity contribution is 8.00. The predicted octanol–water partition coefficient (Wildman–Crippen LogP) is 3.38. The molecule has 2 atom stereocenters. The molecule has 1 saturated heterocycles. The number of aliphatic carboxylic acids is 1. The predicted molar refractivity (Wildman–Crippen MR) is 94.0 cm³/mol. The fraction of sp³-hybridized carbons (Fsp3) is 0.263. The Kier molecular flexibility index (Phi) is 5.56. The van der Waals surface area contributed by atoms with Gasteiger partial charge in [0.1, 0.15) is 0 Å². The molecule has 0 radical (unpaired) electrons. The Bertz CT molecular complexity index is 816. The Labute approximate surface area is 153 Å². The summed E-state index contributed by atoms with van der Waals surface area (Å²) >= 11 is 1.10. The topological polar surface area (TPSA) is 57.6 Å². The van der Waals surface area contributed by atoms with Crippen LogP contribution in [0.4, 0.5) is 8.78 Å². The van der Waals surface area contributed by atoms with Gasteiger partial charge in [-0.3, -0.25) is 9.59 Å². The highest BCUT2D eigenvalue weighted by atomic mass is 32.2. The van der Waals surface area contributed by atoms with E-state index in [1.54, 1.807) is 0 Å². The standard InChI is InChI=1S/C19H17F2NO3S/c20-16-7-6-13(8-17(16)21)26-11-18(23)22-9-14(15(10-22)19(24)25)12-4-2-1-3-5-12/h1-8,14-15H,9-11H2,(H,24,25)/t14-,15-/m1/s1. The summed E-state index contributed by atoms with van der Waals surface area (Å²) in [6.45, 7) is 0.476. The SMILES string of the molecule is O=C(O)[C@@H]1CN(C(=O)CSc2ccc(F)c(F)c2)C[C@@H]1c1ccccc1. The van der Waals surface area contributed by atoms with E-state index in [-0.39, 0.29) is 24.1 Å². The van der Waals surface area contributed by atoms with E-state index >= 15 is 0 Å². The molecule has 1 heterocycles. The van der Waals surface area contributed by atoms with Gasteiger partial charge in [0.15, 0.2) is 11.6 Å². The molecule has 26 heavy (non-hydrogen) atoms. The van der Waals surface area contributed by atoms with Crippen LogP contribution in [-0.4, -0.2) is 40.7 Å². The van der Waals surface area contributed by atoms with Gasteiger partial charge < -0.3 is 10.0 Å². The zero-order valence-electron chi connectivity index (χ0n) is 13.8. The van der Waals surface area contributed by atoms with Crippen molar-refractivity contribution in [3.63, 3.8) is 0 Å². The Morgan fingerprint density at radius 2 is 1.81 bits per heavy atom. The molecule has 1 aliphatic rings. The second-order valence-corrected chi connectivity index (χ2v) is 7.17. The van der Waals surface area contributed by atoms with Crippen LogP contribution < -0.4 is 0 Å². The van der Waals surface area contributed by atoms with Crippen molar-refractivity contribution in [2.24, 2.45) is 5.92 Å². The maximum Gasteiger partial charge on any atom is 0.308 e. The molecule has 2 aromatic rings. The van der Waals surface area contributed by atoms with E-state index in [9.17, 15) is 23.5 Å². The van der Waals surface area contributed by atoms with Crippen LogP contribution in [0.3, 0.4) is 0 Å². The minimum Gasteiger partial charge on any atom is -0.481 e. The third-order valence-electron chi connectivity index (χ3n) is 4.47. The average molecular weight is 377 g/mol. The number of carboxylic acid groups (broad SMARTS) is 1. The van der Waals surface area contributed by atoms with Crippen LogP contribution in [-0.2, 0) is 9.59 Å². The second kappa shape index (κ2) is 7.86. The fourth-order valence-electron chi connectivity index (χ4n) is 3.10. The number of carbonyl (C=O) groups excluding carboxylic acids is 1. The Morgan fingerprint density at radius 3 is 2.46 bits per heavy atom. The zero-order chi connectivity index (χ0) is 18.7. The molecule has 0 saturated carbocycles. The van der Waals surface area contributed by atoms with Gasteiger partial charge in [0.05, 0.1) is 11.7 Å². The Hall–Kier alpha value is -2.41. The molecular weight excluding hydrogens is 360 g/mol. The summed E-state index contributed by atoms with van der Waals surface area (Å²) in [4.78, 5) is 26.0. The van der Waals surface area contributed by atoms with Gasteiger partial charge in [-0.1, -0.05) is 30.3 Å². The number of benzene rings is 2. The quantitative estimate of drug-likeness (QED) is 0.812. The monoisotopic (exact) mass is 377 g/mol. The van der Waals surface area contributed by atoms with Crippen molar-refractivity contribution in [2.45, 2.75) is 10.8 Å². The van der Waals surface area contributed by atoms with Crippen molar-refractivity contribution in [1.82, 2.24) is 4.90 Å². The van der Waals surface area contributed by atoms with E-state index in [4.69, 9.17) is 0 Å². The average Bonchev–Trinajstić information content (AvgIpc) is 3.09. The van der Waals surface area contributed by atoms with E-state index < -0.39 is 23.5 Å². The first-order valence-corrected chi connectivity index (χ1v) is 9.07. The summed E-state index contributed by atoms with van der Waals surface area (Å²) in [5.74, 6) is -3.92. The van der Waals surface area contributed by atoms with Crippen LogP contribution in [0.15, 0.2) is 53.4 Å². The number of amides is 1. The molecule has 0 bridgehead atoms. The van der Waals surface area contributed by atoms with Gasteiger partial charge in [0.25, 0.3) is 0 Å². The number of likely N-dealkylation sites (tertiary alicyclic amines) is 1. The first-order valence-electron chi connectivity index (χ1n) is 8.09. The van der Waals surface area contributed by atoms with Crippen LogP contribution in [0.5, 0.6) is 0 Å². The lowest BCUT2D eigenvalue weighted by Crippen LogP contribution is -2.31. The summed E-state index contributed by atoms with van der Waals surface area (Å²) in [5.41, 5.74) is 0.892. The number of halogens is 2. The summed E-state index contributed by atoms with van der Waals surface area (Å²) in [5, 5.41) is 9.49. The van der Waals surface area contributed by atoms with Crippen molar-refractivity contribution < 1.29 is 23.5 Å². The summed E-state index contributed by atoms with van der Waals surface area (Å²) in [6, 6.07) is 12.8. The number of hydrogen-bond acceptors (Lipinski definition) is 3. The van der Waals surface area contributed by atoms with Gasteiger partial charge in [0, 0.05) is 23.9 Å². The largest absolute Gasteiger partial charge is 0.481 e. The number of nitrogens with zero attached hydrogens (tertiary/aromatic N) is 1. The van der Waals surface area contributed by atoms with E-state index in [2.05, 4.69) is 0 Å². The molecule has 0 aromatic heterocycles. The third kappa shape index (κ3) is 4.04. The molecule has 0 unspecified atom stereocenters. The molecule has 1 fully saturated rings. The minimum atomic E-state index is -0.960. The summed E-state index contributed by atoms with van der Waals surface area (Å²) in [7, 11) is 0. The maximum absolute atomic E-state index is 13.2. The van der Waals surface area contributed by atoms with Crippen molar-refractivity contribution in [1.29, 1.82) is 0 Å². The molecule has 0 aliphatic carbocycles. The fourth-order valence-corrected chi connectivity index (χ4v) is 3.92. The maximum atomic E-state index is 13.2. The van der Waals surface area contributed by atoms with Gasteiger partial charge >= 0.3 is 5.97 Å². The van der Waals surface area contributed by atoms with Gasteiger partial charge in [-0.2, -0.15) is 0 Å². The number of rotatable bonds is 5. The Morgan fingerprint density at radius 1 is 1.08 bits per heavy atom. The molecule has 1 aliphatic heterocycles. The third-order valence-corrected chi connectivity index (χ3v) is 5.45.